The second kappa shape index (κ2) is 9.93. The molecule has 0 radical (unpaired) electrons. The zero-order valence-corrected chi connectivity index (χ0v) is 21.3. The van der Waals surface area contributed by atoms with E-state index in [2.05, 4.69) is 10.5 Å². The molecule has 1 aliphatic rings. The summed E-state index contributed by atoms with van der Waals surface area (Å²) in [5, 5.41) is 11.6. The summed E-state index contributed by atoms with van der Waals surface area (Å²) in [6.07, 6.45) is 0. The number of hydrogen-bond donors (Lipinski definition) is 1. The Morgan fingerprint density at radius 3 is 2.59 bits per heavy atom. The summed E-state index contributed by atoms with van der Waals surface area (Å²) < 4.78 is 13.0. The first kappa shape index (κ1) is 24.3. The number of amides is 2. The molecular formula is C28H29N5O4. The van der Waals surface area contributed by atoms with Crippen LogP contribution in [0.15, 0.2) is 59.1 Å². The molecule has 4 aromatic rings. The van der Waals surface area contributed by atoms with Gasteiger partial charge >= 0.3 is 0 Å². The zero-order chi connectivity index (χ0) is 26.1. The molecule has 9 nitrogen and oxygen atoms in total. The van der Waals surface area contributed by atoms with E-state index in [9.17, 15) is 9.59 Å². The number of hydrogen-bond acceptors (Lipinski definition) is 6. The van der Waals surface area contributed by atoms with Crippen molar-refractivity contribution < 1.29 is 18.8 Å². The summed E-state index contributed by atoms with van der Waals surface area (Å²) in [5.41, 5.74) is 5.26. The molecule has 0 bridgehead atoms. The maximum Gasteiger partial charge on any atom is 0.255 e. The number of rotatable bonds is 6. The molecule has 2 aromatic carbocycles. The van der Waals surface area contributed by atoms with Gasteiger partial charge in [-0.1, -0.05) is 29.4 Å². The standard InChI is InChI=1S/C28H29N5O4/c1-17-24(20(4)37-31-17)16-36-23-12-8-9-21(15-23)28(35)32-14-13-29-27(34)26(32)25-18(2)30-33(19(25)3)22-10-6-5-7-11-22/h5-12,15,26H,13-14,16H2,1-4H3,(H,29,34). The summed E-state index contributed by atoms with van der Waals surface area (Å²) in [4.78, 5) is 28.6. The van der Waals surface area contributed by atoms with Crippen LogP contribution >= 0.6 is 0 Å². The minimum atomic E-state index is -0.786. The summed E-state index contributed by atoms with van der Waals surface area (Å²) in [5.74, 6) is 0.792. The topological polar surface area (TPSA) is 102 Å². The van der Waals surface area contributed by atoms with Gasteiger partial charge in [0.1, 0.15) is 24.2 Å². The highest BCUT2D eigenvalue weighted by Crippen LogP contribution is 2.32. The molecule has 2 amide bonds. The van der Waals surface area contributed by atoms with Crippen molar-refractivity contribution in [3.8, 4) is 11.4 Å². The molecule has 2 aromatic heterocycles. The molecule has 1 saturated heterocycles. The predicted octanol–water partition coefficient (Wildman–Crippen LogP) is 3.99. The summed E-state index contributed by atoms with van der Waals surface area (Å²) >= 11 is 0. The fourth-order valence-electron chi connectivity index (χ4n) is 4.79. The molecule has 1 N–H and O–H groups in total. The second-order valence-electron chi connectivity index (χ2n) is 9.14. The number of benzene rings is 2. The van der Waals surface area contributed by atoms with Gasteiger partial charge in [0.05, 0.1) is 22.6 Å². The van der Waals surface area contributed by atoms with Crippen molar-refractivity contribution in [1.82, 2.24) is 25.2 Å². The van der Waals surface area contributed by atoms with Gasteiger partial charge in [-0.2, -0.15) is 5.10 Å². The van der Waals surface area contributed by atoms with Crippen LogP contribution < -0.4 is 10.1 Å². The van der Waals surface area contributed by atoms with Gasteiger partial charge < -0.3 is 19.5 Å². The van der Waals surface area contributed by atoms with Crippen LogP contribution in [-0.4, -0.2) is 44.7 Å². The Balaban J connectivity index is 1.44. The molecule has 37 heavy (non-hydrogen) atoms. The van der Waals surface area contributed by atoms with Gasteiger partial charge in [-0.25, -0.2) is 4.68 Å². The summed E-state index contributed by atoms with van der Waals surface area (Å²) in [7, 11) is 0. The van der Waals surface area contributed by atoms with Crippen LogP contribution in [0.2, 0.25) is 0 Å². The van der Waals surface area contributed by atoms with Crippen molar-refractivity contribution in [1.29, 1.82) is 0 Å². The fraction of sp³-hybridized carbons (Fsp3) is 0.286. The molecule has 1 atom stereocenters. The molecule has 1 aliphatic heterocycles. The average Bonchev–Trinajstić information content (AvgIpc) is 3.39. The molecule has 5 rings (SSSR count). The quantitative estimate of drug-likeness (QED) is 0.430. The highest BCUT2D eigenvalue weighted by atomic mass is 16.5. The van der Waals surface area contributed by atoms with Crippen molar-refractivity contribution in [2.75, 3.05) is 13.1 Å². The van der Waals surface area contributed by atoms with Crippen LogP contribution in [0.1, 0.15) is 50.4 Å². The third kappa shape index (κ3) is 4.60. The highest BCUT2D eigenvalue weighted by Gasteiger charge is 2.38. The first-order valence-corrected chi connectivity index (χ1v) is 12.2. The number of para-hydroxylation sites is 1. The van der Waals surface area contributed by atoms with Gasteiger partial charge in [-0.15, -0.1) is 0 Å². The van der Waals surface area contributed by atoms with Gasteiger partial charge in [0.25, 0.3) is 5.91 Å². The van der Waals surface area contributed by atoms with E-state index < -0.39 is 6.04 Å². The monoisotopic (exact) mass is 499 g/mol. The molecule has 0 saturated carbocycles. The SMILES string of the molecule is Cc1noc(C)c1COc1cccc(C(=O)N2CCNC(=O)C2c2c(C)nn(-c3ccccc3)c2C)c1. The number of nitrogens with zero attached hydrogens (tertiary/aromatic N) is 4. The molecule has 3 heterocycles. The smallest absolute Gasteiger partial charge is 0.255 e. The Hall–Kier alpha value is -4.40. The third-order valence-corrected chi connectivity index (χ3v) is 6.74. The minimum absolute atomic E-state index is 0.218. The molecule has 1 unspecified atom stereocenters. The van der Waals surface area contributed by atoms with Gasteiger partial charge in [0.15, 0.2) is 0 Å². The number of carbonyl (C=O) groups is 2. The van der Waals surface area contributed by atoms with Crippen molar-refractivity contribution in [3.05, 3.63) is 94.1 Å². The van der Waals surface area contributed by atoms with Crippen molar-refractivity contribution in [2.45, 2.75) is 40.3 Å². The van der Waals surface area contributed by atoms with Gasteiger partial charge in [0, 0.05) is 29.9 Å². The van der Waals surface area contributed by atoms with Crippen LogP contribution in [0.5, 0.6) is 5.75 Å². The Bertz CT molecular complexity index is 1440. The number of carbonyl (C=O) groups excluding carboxylic acids is 2. The van der Waals surface area contributed by atoms with E-state index in [0.717, 1.165) is 28.2 Å². The van der Waals surface area contributed by atoms with Crippen molar-refractivity contribution in [2.24, 2.45) is 0 Å². The van der Waals surface area contributed by atoms with Crippen LogP contribution in [0.4, 0.5) is 0 Å². The number of aromatic nitrogens is 3. The van der Waals surface area contributed by atoms with E-state index in [1.807, 2.05) is 62.7 Å². The second-order valence-corrected chi connectivity index (χ2v) is 9.14. The van der Waals surface area contributed by atoms with Gasteiger partial charge in [-0.05, 0) is 58.0 Å². The van der Waals surface area contributed by atoms with Crippen LogP contribution in [0, 0.1) is 27.7 Å². The molecule has 0 spiro atoms. The Kier molecular flexibility index (Phi) is 6.52. The van der Waals surface area contributed by atoms with E-state index in [4.69, 9.17) is 14.4 Å². The largest absolute Gasteiger partial charge is 0.489 e. The van der Waals surface area contributed by atoms with Crippen LogP contribution in [0.25, 0.3) is 5.69 Å². The first-order chi connectivity index (χ1) is 17.8. The van der Waals surface area contributed by atoms with Crippen molar-refractivity contribution in [3.63, 3.8) is 0 Å². The number of aryl methyl sites for hydroxylation is 3. The average molecular weight is 500 g/mol. The van der Waals surface area contributed by atoms with E-state index in [1.54, 1.807) is 29.2 Å². The third-order valence-electron chi connectivity index (χ3n) is 6.74. The molecular weight excluding hydrogens is 470 g/mol. The van der Waals surface area contributed by atoms with E-state index in [-0.39, 0.29) is 18.4 Å². The zero-order valence-electron chi connectivity index (χ0n) is 21.3. The maximum atomic E-state index is 13.8. The maximum absolute atomic E-state index is 13.8. The number of ether oxygens (including phenoxy) is 1. The Morgan fingerprint density at radius 1 is 1.08 bits per heavy atom. The Labute approximate surface area is 215 Å². The minimum Gasteiger partial charge on any atom is -0.489 e. The lowest BCUT2D eigenvalue weighted by molar-refractivity contribution is -0.128. The molecule has 9 heteroatoms. The van der Waals surface area contributed by atoms with Gasteiger partial charge in [-0.3, -0.25) is 9.59 Å². The lowest BCUT2D eigenvalue weighted by Crippen LogP contribution is -2.52. The van der Waals surface area contributed by atoms with E-state index in [0.29, 0.717) is 35.9 Å². The van der Waals surface area contributed by atoms with Crippen LogP contribution in [-0.2, 0) is 11.4 Å². The normalized spacial score (nSPS) is 15.5. The van der Waals surface area contributed by atoms with Crippen LogP contribution in [0.3, 0.4) is 0 Å². The number of piperazine rings is 1. The molecule has 1 fully saturated rings. The summed E-state index contributed by atoms with van der Waals surface area (Å²) in [6.45, 7) is 8.55. The predicted molar refractivity (Wildman–Crippen MR) is 137 cm³/mol. The lowest BCUT2D eigenvalue weighted by Gasteiger charge is -2.35. The fourth-order valence-corrected chi connectivity index (χ4v) is 4.79. The van der Waals surface area contributed by atoms with Crippen molar-refractivity contribution >= 4 is 11.8 Å². The molecule has 190 valence electrons. The lowest BCUT2D eigenvalue weighted by atomic mass is 9.99. The van der Waals surface area contributed by atoms with E-state index in [1.165, 1.54) is 0 Å². The van der Waals surface area contributed by atoms with E-state index >= 15 is 0 Å². The molecule has 0 aliphatic carbocycles. The van der Waals surface area contributed by atoms with Gasteiger partial charge in [0.2, 0.25) is 5.91 Å². The number of nitrogens with one attached hydrogen (secondary N) is 1. The Morgan fingerprint density at radius 2 is 1.86 bits per heavy atom. The highest BCUT2D eigenvalue weighted by molar-refractivity contribution is 5.99. The first-order valence-electron chi connectivity index (χ1n) is 12.2. The summed E-state index contributed by atoms with van der Waals surface area (Å²) in [6, 6.07) is 16.0.